The van der Waals surface area contributed by atoms with Gasteiger partial charge in [-0.3, -0.25) is 4.79 Å². The molecule has 1 aromatic carbocycles. The molecule has 0 spiro atoms. The Morgan fingerprint density at radius 2 is 1.95 bits per heavy atom. The molecule has 0 amide bonds. The van der Waals surface area contributed by atoms with Gasteiger partial charge in [-0.2, -0.15) is 0 Å². The van der Waals surface area contributed by atoms with E-state index in [9.17, 15) is 4.79 Å². The maximum atomic E-state index is 11.6. The van der Waals surface area contributed by atoms with Crippen LogP contribution in [0.2, 0.25) is 0 Å². The SMILES string of the molecule is CC(C)(C)O[C@H]1CC(=O)O[C@H](COCc2ccccc2)C1. The van der Waals surface area contributed by atoms with Crippen molar-refractivity contribution in [2.45, 2.75) is 58.0 Å². The van der Waals surface area contributed by atoms with Crippen LogP contribution in [0.3, 0.4) is 0 Å². The molecule has 1 aliphatic heterocycles. The van der Waals surface area contributed by atoms with Crippen LogP contribution in [0.5, 0.6) is 0 Å². The van der Waals surface area contributed by atoms with E-state index in [1.54, 1.807) is 0 Å². The second-order valence-electron chi connectivity index (χ2n) is 6.40. The number of cyclic esters (lactones) is 1. The van der Waals surface area contributed by atoms with Crippen molar-refractivity contribution in [2.24, 2.45) is 0 Å². The van der Waals surface area contributed by atoms with E-state index in [-0.39, 0.29) is 23.8 Å². The monoisotopic (exact) mass is 292 g/mol. The fourth-order valence-corrected chi connectivity index (χ4v) is 2.42. The van der Waals surface area contributed by atoms with Gasteiger partial charge in [-0.25, -0.2) is 0 Å². The van der Waals surface area contributed by atoms with Crippen molar-refractivity contribution in [1.29, 1.82) is 0 Å². The van der Waals surface area contributed by atoms with Crippen LogP contribution in [0.4, 0.5) is 0 Å². The van der Waals surface area contributed by atoms with Gasteiger partial charge < -0.3 is 14.2 Å². The number of carbonyl (C=O) groups excluding carboxylic acids is 1. The van der Waals surface area contributed by atoms with E-state index in [2.05, 4.69) is 0 Å². The minimum atomic E-state index is -0.252. The summed E-state index contributed by atoms with van der Waals surface area (Å²) in [7, 11) is 0. The molecule has 4 nitrogen and oxygen atoms in total. The van der Waals surface area contributed by atoms with Gasteiger partial charge in [-0.15, -0.1) is 0 Å². The number of ether oxygens (including phenoxy) is 3. The number of carbonyl (C=O) groups is 1. The van der Waals surface area contributed by atoms with Crippen molar-refractivity contribution >= 4 is 5.97 Å². The van der Waals surface area contributed by atoms with Gasteiger partial charge >= 0.3 is 5.97 Å². The Morgan fingerprint density at radius 1 is 1.24 bits per heavy atom. The molecule has 0 aromatic heterocycles. The highest BCUT2D eigenvalue weighted by atomic mass is 16.6. The van der Waals surface area contributed by atoms with E-state index in [0.29, 0.717) is 26.1 Å². The number of esters is 1. The third kappa shape index (κ3) is 5.86. The molecule has 0 bridgehead atoms. The molecule has 1 heterocycles. The summed E-state index contributed by atoms with van der Waals surface area (Å²) >= 11 is 0. The molecule has 1 aliphatic rings. The molecule has 1 aromatic rings. The summed E-state index contributed by atoms with van der Waals surface area (Å²) in [4.78, 5) is 11.6. The highest BCUT2D eigenvalue weighted by molar-refractivity contribution is 5.71. The lowest BCUT2D eigenvalue weighted by molar-refractivity contribution is -0.175. The summed E-state index contributed by atoms with van der Waals surface area (Å²) < 4.78 is 16.9. The van der Waals surface area contributed by atoms with Crippen molar-refractivity contribution in [2.75, 3.05) is 6.61 Å². The Morgan fingerprint density at radius 3 is 2.62 bits per heavy atom. The minimum Gasteiger partial charge on any atom is -0.460 e. The lowest BCUT2D eigenvalue weighted by Gasteiger charge is -2.33. The van der Waals surface area contributed by atoms with Gasteiger partial charge in [0.2, 0.25) is 0 Å². The summed E-state index contributed by atoms with van der Waals surface area (Å²) in [6.07, 6.45) is 0.712. The second-order valence-corrected chi connectivity index (χ2v) is 6.40. The zero-order valence-corrected chi connectivity index (χ0v) is 13.0. The summed E-state index contributed by atoms with van der Waals surface area (Å²) in [6.45, 7) is 6.92. The fraction of sp³-hybridized carbons (Fsp3) is 0.588. The van der Waals surface area contributed by atoms with Crippen LogP contribution in [0, 0.1) is 0 Å². The Kier molecular flexibility index (Phi) is 5.37. The van der Waals surface area contributed by atoms with Gasteiger partial charge in [0.1, 0.15) is 6.10 Å². The predicted octanol–water partition coefficient (Wildman–Crippen LogP) is 3.09. The summed E-state index contributed by atoms with van der Waals surface area (Å²) in [5.41, 5.74) is 0.861. The van der Waals surface area contributed by atoms with Crippen LogP contribution in [-0.4, -0.2) is 30.4 Å². The predicted molar refractivity (Wildman–Crippen MR) is 79.8 cm³/mol. The summed E-state index contributed by atoms with van der Waals surface area (Å²) in [5, 5.41) is 0. The molecule has 2 atom stereocenters. The molecule has 4 heteroatoms. The van der Waals surface area contributed by atoms with Gasteiger partial charge in [-0.05, 0) is 26.3 Å². The van der Waals surface area contributed by atoms with E-state index >= 15 is 0 Å². The van der Waals surface area contributed by atoms with E-state index in [1.807, 2.05) is 51.1 Å². The second kappa shape index (κ2) is 7.05. The smallest absolute Gasteiger partial charge is 0.308 e. The van der Waals surface area contributed by atoms with Crippen molar-refractivity contribution in [1.82, 2.24) is 0 Å². The molecule has 21 heavy (non-hydrogen) atoms. The van der Waals surface area contributed by atoms with Crippen molar-refractivity contribution in [3.05, 3.63) is 35.9 Å². The zero-order valence-electron chi connectivity index (χ0n) is 13.0. The molecule has 0 radical (unpaired) electrons. The normalized spacial score (nSPS) is 22.9. The Hall–Kier alpha value is -1.39. The lowest BCUT2D eigenvalue weighted by atomic mass is 10.0. The Labute approximate surface area is 126 Å². The van der Waals surface area contributed by atoms with Crippen LogP contribution in [0.25, 0.3) is 0 Å². The molecule has 0 saturated carbocycles. The van der Waals surface area contributed by atoms with Crippen LogP contribution in [0.15, 0.2) is 30.3 Å². The molecule has 0 unspecified atom stereocenters. The maximum Gasteiger partial charge on any atom is 0.308 e. The Bertz CT molecular complexity index is 450. The van der Waals surface area contributed by atoms with Crippen molar-refractivity contribution in [3.8, 4) is 0 Å². The average molecular weight is 292 g/mol. The first kappa shape index (κ1) is 16.0. The van der Waals surface area contributed by atoms with E-state index in [0.717, 1.165) is 5.56 Å². The fourth-order valence-electron chi connectivity index (χ4n) is 2.42. The van der Waals surface area contributed by atoms with Crippen molar-refractivity contribution in [3.63, 3.8) is 0 Å². The highest BCUT2D eigenvalue weighted by Crippen LogP contribution is 2.23. The van der Waals surface area contributed by atoms with E-state index < -0.39 is 0 Å². The average Bonchev–Trinajstić information content (AvgIpc) is 2.37. The molecule has 0 aliphatic carbocycles. The number of hydrogen-bond donors (Lipinski definition) is 0. The number of benzene rings is 1. The lowest BCUT2D eigenvalue weighted by Crippen LogP contribution is -2.40. The van der Waals surface area contributed by atoms with Crippen molar-refractivity contribution < 1.29 is 19.0 Å². The summed E-state index contributed by atoms with van der Waals surface area (Å²) in [5.74, 6) is -0.205. The highest BCUT2D eigenvalue weighted by Gasteiger charge is 2.31. The number of hydrogen-bond acceptors (Lipinski definition) is 4. The molecular formula is C17H24O4. The molecule has 2 rings (SSSR count). The largest absolute Gasteiger partial charge is 0.460 e. The third-order valence-corrected chi connectivity index (χ3v) is 3.15. The molecular weight excluding hydrogens is 268 g/mol. The van der Waals surface area contributed by atoms with Gasteiger partial charge in [0.05, 0.1) is 31.3 Å². The molecule has 116 valence electrons. The van der Waals surface area contributed by atoms with Crippen LogP contribution in [-0.2, 0) is 25.6 Å². The van der Waals surface area contributed by atoms with Crippen LogP contribution in [0.1, 0.15) is 39.2 Å². The zero-order chi connectivity index (χ0) is 15.3. The van der Waals surface area contributed by atoms with E-state index in [1.165, 1.54) is 0 Å². The molecule has 1 saturated heterocycles. The first-order valence-electron chi connectivity index (χ1n) is 7.41. The third-order valence-electron chi connectivity index (χ3n) is 3.15. The van der Waals surface area contributed by atoms with Gasteiger partial charge in [-0.1, -0.05) is 30.3 Å². The first-order chi connectivity index (χ1) is 9.92. The van der Waals surface area contributed by atoms with Gasteiger partial charge in [0, 0.05) is 6.42 Å². The maximum absolute atomic E-state index is 11.6. The first-order valence-corrected chi connectivity index (χ1v) is 7.41. The van der Waals surface area contributed by atoms with Crippen LogP contribution < -0.4 is 0 Å². The Balaban J connectivity index is 1.78. The number of rotatable bonds is 5. The molecule has 0 N–H and O–H groups in total. The molecule has 1 fully saturated rings. The summed E-state index contributed by atoms with van der Waals surface area (Å²) in [6, 6.07) is 9.96. The quantitative estimate of drug-likeness (QED) is 0.782. The van der Waals surface area contributed by atoms with Gasteiger partial charge in [0.15, 0.2) is 0 Å². The topological polar surface area (TPSA) is 44.8 Å². The van der Waals surface area contributed by atoms with Crippen LogP contribution >= 0.6 is 0 Å². The minimum absolute atomic E-state index is 0.0865. The van der Waals surface area contributed by atoms with Gasteiger partial charge in [0.25, 0.3) is 0 Å². The van der Waals surface area contributed by atoms with E-state index in [4.69, 9.17) is 14.2 Å². The standard InChI is InChI=1S/C17H24O4/c1-17(2,3)21-14-9-15(20-16(18)10-14)12-19-11-13-7-5-4-6-8-13/h4-8,14-15H,9-12H2,1-3H3/t14-,15+/m1/s1.